The molecule has 2 atom stereocenters. The molecule has 1 aromatic carbocycles. The van der Waals surface area contributed by atoms with Crippen molar-refractivity contribution in [2.24, 2.45) is 5.92 Å². The molecule has 152 valence electrons. The molecule has 3 aliphatic rings. The van der Waals surface area contributed by atoms with Gasteiger partial charge in [-0.2, -0.15) is 0 Å². The van der Waals surface area contributed by atoms with E-state index < -0.39 is 5.97 Å². The maximum atomic E-state index is 12.9. The molecular formula is C24H28N2O3. The highest BCUT2D eigenvalue weighted by atomic mass is 16.5. The van der Waals surface area contributed by atoms with Gasteiger partial charge >= 0.3 is 5.97 Å². The van der Waals surface area contributed by atoms with Crippen LogP contribution >= 0.6 is 0 Å². The van der Waals surface area contributed by atoms with Crippen molar-refractivity contribution in [3.63, 3.8) is 0 Å². The monoisotopic (exact) mass is 392 g/mol. The van der Waals surface area contributed by atoms with Crippen LogP contribution in [0.25, 0.3) is 10.9 Å². The number of hydrogen-bond acceptors (Lipinski definition) is 4. The summed E-state index contributed by atoms with van der Waals surface area (Å²) in [7, 11) is 0. The van der Waals surface area contributed by atoms with Gasteiger partial charge in [-0.3, -0.25) is 9.78 Å². The molecule has 0 N–H and O–H groups in total. The maximum absolute atomic E-state index is 12.9. The number of ether oxygens (including phenoxy) is 1. The number of carbonyl (C=O) groups is 2. The Hall–Kier alpha value is -2.43. The first-order valence-electron chi connectivity index (χ1n) is 11.1. The van der Waals surface area contributed by atoms with Gasteiger partial charge in [0.1, 0.15) is 0 Å². The molecule has 2 aliphatic carbocycles. The molecular weight excluding hydrogens is 364 g/mol. The molecule has 2 aromatic rings. The number of esters is 1. The fraction of sp³-hybridized carbons (Fsp3) is 0.542. The van der Waals surface area contributed by atoms with Gasteiger partial charge in [0.25, 0.3) is 5.91 Å². The van der Waals surface area contributed by atoms with Gasteiger partial charge in [-0.05, 0) is 56.6 Å². The Morgan fingerprint density at radius 1 is 1.03 bits per heavy atom. The zero-order chi connectivity index (χ0) is 19.8. The Kier molecular flexibility index (Phi) is 4.98. The lowest BCUT2D eigenvalue weighted by atomic mass is 9.78. The molecule has 5 heteroatoms. The van der Waals surface area contributed by atoms with Crippen LogP contribution in [0, 0.1) is 5.92 Å². The van der Waals surface area contributed by atoms with Gasteiger partial charge in [-0.25, -0.2) is 4.79 Å². The summed E-state index contributed by atoms with van der Waals surface area (Å²) < 4.78 is 5.53. The molecule has 5 nitrogen and oxygen atoms in total. The van der Waals surface area contributed by atoms with Crippen LogP contribution in [0.2, 0.25) is 0 Å². The topological polar surface area (TPSA) is 59.5 Å². The first-order valence-corrected chi connectivity index (χ1v) is 11.1. The summed E-state index contributed by atoms with van der Waals surface area (Å²) in [5.41, 5.74) is 2.30. The third kappa shape index (κ3) is 3.75. The SMILES string of the molecule is O=C(OCC(=O)N1CCC[C@H]2CCCC[C@@H]21)c1cc(C2CC2)nc2ccccc12. The van der Waals surface area contributed by atoms with E-state index in [0.717, 1.165) is 48.8 Å². The molecule has 0 bridgehead atoms. The average molecular weight is 392 g/mol. The van der Waals surface area contributed by atoms with Crippen LogP contribution in [0.1, 0.15) is 73.3 Å². The molecule has 1 amide bonds. The number of amides is 1. The van der Waals surface area contributed by atoms with Crippen LogP contribution < -0.4 is 0 Å². The number of benzene rings is 1. The summed E-state index contributed by atoms with van der Waals surface area (Å²) in [5.74, 6) is 0.610. The molecule has 0 radical (unpaired) electrons. The molecule has 1 saturated heterocycles. The van der Waals surface area contributed by atoms with E-state index in [1.165, 1.54) is 25.7 Å². The van der Waals surface area contributed by atoms with Gasteiger partial charge in [0, 0.05) is 29.6 Å². The van der Waals surface area contributed by atoms with Crippen molar-refractivity contribution in [1.29, 1.82) is 0 Å². The predicted octanol–water partition coefficient (Wildman–Crippen LogP) is 4.45. The molecule has 3 fully saturated rings. The number of hydrogen-bond donors (Lipinski definition) is 0. The van der Waals surface area contributed by atoms with Crippen molar-refractivity contribution in [2.45, 2.75) is 63.3 Å². The Morgan fingerprint density at radius 2 is 1.83 bits per heavy atom. The Morgan fingerprint density at radius 3 is 2.69 bits per heavy atom. The standard InChI is InChI=1S/C24H28N2O3/c27-23(26-13-5-7-17-6-1-4-10-22(17)26)15-29-24(28)19-14-21(16-11-12-16)25-20-9-3-2-8-18(19)20/h2-3,8-9,14,16-17,22H,1,4-7,10-13,15H2/t17-,22+/m1/s1. The zero-order valence-electron chi connectivity index (χ0n) is 16.8. The summed E-state index contributed by atoms with van der Waals surface area (Å²) in [6.07, 6.45) is 9.30. The van der Waals surface area contributed by atoms with Crippen LogP contribution in [0.3, 0.4) is 0 Å². The molecule has 2 heterocycles. The summed E-state index contributed by atoms with van der Waals surface area (Å²) >= 11 is 0. The number of likely N-dealkylation sites (tertiary alicyclic amines) is 1. The zero-order valence-corrected chi connectivity index (χ0v) is 16.8. The van der Waals surface area contributed by atoms with Crippen LogP contribution in [0.5, 0.6) is 0 Å². The highest BCUT2D eigenvalue weighted by Crippen LogP contribution is 2.40. The van der Waals surface area contributed by atoms with Crippen molar-refractivity contribution in [3.8, 4) is 0 Å². The van der Waals surface area contributed by atoms with E-state index in [-0.39, 0.29) is 12.5 Å². The lowest BCUT2D eigenvalue weighted by molar-refractivity contribution is -0.140. The molecule has 0 unspecified atom stereocenters. The third-order valence-corrected chi connectivity index (χ3v) is 6.84. The van der Waals surface area contributed by atoms with Crippen molar-refractivity contribution in [1.82, 2.24) is 9.88 Å². The van der Waals surface area contributed by atoms with E-state index in [2.05, 4.69) is 0 Å². The van der Waals surface area contributed by atoms with E-state index >= 15 is 0 Å². The van der Waals surface area contributed by atoms with Gasteiger partial charge in [0.2, 0.25) is 0 Å². The number of aromatic nitrogens is 1. The number of nitrogens with zero attached hydrogens (tertiary/aromatic N) is 2. The second-order valence-electron chi connectivity index (χ2n) is 8.80. The first-order chi connectivity index (χ1) is 14.2. The highest BCUT2D eigenvalue weighted by molar-refractivity contribution is 6.04. The molecule has 1 aromatic heterocycles. The number of rotatable bonds is 4. The number of pyridine rings is 1. The predicted molar refractivity (Wildman–Crippen MR) is 111 cm³/mol. The molecule has 5 rings (SSSR count). The van der Waals surface area contributed by atoms with E-state index in [1.807, 2.05) is 35.2 Å². The molecule has 29 heavy (non-hydrogen) atoms. The van der Waals surface area contributed by atoms with Crippen molar-refractivity contribution in [2.75, 3.05) is 13.2 Å². The normalized spacial score (nSPS) is 24.2. The second kappa shape index (κ2) is 7.77. The minimum absolute atomic E-state index is 0.0456. The second-order valence-corrected chi connectivity index (χ2v) is 8.80. The molecule has 1 aliphatic heterocycles. The lowest BCUT2D eigenvalue weighted by Gasteiger charge is -2.44. The maximum Gasteiger partial charge on any atom is 0.339 e. The van der Waals surface area contributed by atoms with Crippen molar-refractivity contribution in [3.05, 3.63) is 41.6 Å². The van der Waals surface area contributed by atoms with E-state index in [9.17, 15) is 9.59 Å². The van der Waals surface area contributed by atoms with E-state index in [0.29, 0.717) is 23.4 Å². The van der Waals surface area contributed by atoms with Gasteiger partial charge in [-0.15, -0.1) is 0 Å². The number of para-hydroxylation sites is 1. The van der Waals surface area contributed by atoms with Crippen LogP contribution in [0.4, 0.5) is 0 Å². The first kappa shape index (κ1) is 18.6. The summed E-state index contributed by atoms with van der Waals surface area (Å²) in [5, 5.41) is 0.791. The third-order valence-electron chi connectivity index (χ3n) is 6.84. The number of carbonyl (C=O) groups excluding carboxylic acids is 2. The highest BCUT2D eigenvalue weighted by Gasteiger charge is 2.36. The Labute approximate surface area is 171 Å². The smallest absolute Gasteiger partial charge is 0.339 e. The van der Waals surface area contributed by atoms with Gasteiger partial charge in [0.15, 0.2) is 6.61 Å². The average Bonchev–Trinajstić information content (AvgIpc) is 3.61. The fourth-order valence-electron chi connectivity index (χ4n) is 5.18. The minimum Gasteiger partial charge on any atom is -0.452 e. The number of fused-ring (bicyclic) bond motifs is 2. The van der Waals surface area contributed by atoms with Gasteiger partial charge in [0.05, 0.1) is 11.1 Å². The summed E-state index contributed by atoms with van der Waals surface area (Å²) in [6.45, 7) is 0.624. The van der Waals surface area contributed by atoms with E-state index in [1.54, 1.807) is 0 Å². The Balaban J connectivity index is 1.31. The van der Waals surface area contributed by atoms with Crippen LogP contribution in [-0.2, 0) is 9.53 Å². The van der Waals surface area contributed by atoms with Gasteiger partial charge < -0.3 is 9.64 Å². The summed E-state index contributed by atoms with van der Waals surface area (Å²) in [4.78, 5) is 32.5. The van der Waals surface area contributed by atoms with Gasteiger partial charge in [-0.1, -0.05) is 31.0 Å². The largest absolute Gasteiger partial charge is 0.452 e. The minimum atomic E-state index is -0.420. The fourth-order valence-corrected chi connectivity index (χ4v) is 5.18. The van der Waals surface area contributed by atoms with Crippen LogP contribution in [-0.4, -0.2) is 41.0 Å². The van der Waals surface area contributed by atoms with Crippen LogP contribution in [0.15, 0.2) is 30.3 Å². The van der Waals surface area contributed by atoms with Crippen molar-refractivity contribution >= 4 is 22.8 Å². The number of piperidine rings is 1. The lowest BCUT2D eigenvalue weighted by Crippen LogP contribution is -2.50. The molecule has 0 spiro atoms. The van der Waals surface area contributed by atoms with Crippen molar-refractivity contribution < 1.29 is 14.3 Å². The molecule has 2 saturated carbocycles. The van der Waals surface area contributed by atoms with E-state index in [4.69, 9.17) is 9.72 Å². The Bertz CT molecular complexity index is 935. The quantitative estimate of drug-likeness (QED) is 0.721. The summed E-state index contributed by atoms with van der Waals surface area (Å²) in [6, 6.07) is 9.87.